The first kappa shape index (κ1) is 24.4. The molecule has 164 valence electrons. The number of ether oxygens (including phenoxy) is 2. The Morgan fingerprint density at radius 1 is 1.07 bits per heavy atom. The molecular formula is C20H25FeN3O6. The van der Waals surface area contributed by atoms with E-state index in [2.05, 4.69) is 10.3 Å². The van der Waals surface area contributed by atoms with Crippen LogP contribution in [-0.4, -0.2) is 72.7 Å². The molecule has 0 spiro atoms. The summed E-state index contributed by atoms with van der Waals surface area (Å²) < 4.78 is 12.3. The maximum atomic E-state index is 9.89. The van der Waals surface area contributed by atoms with Crippen LogP contribution in [0, 0.1) is 0 Å². The fraction of sp³-hybridized carbons (Fsp3) is 0.400. The largest absolute Gasteiger partial charge is 2.00 e. The molecule has 0 aliphatic carbocycles. The Bertz CT molecular complexity index is 791. The molecule has 0 bridgehead atoms. The van der Waals surface area contributed by atoms with E-state index in [1.54, 1.807) is 10.9 Å². The SMILES string of the molecule is OC[C@H]1O[C@@H](OCc2cn(Cc3ccc[cH-]3)nn2)[C@H](O)[C@@H](O)[C@@H]1O.[Fe+2].c1cc[cH-]c1. The van der Waals surface area contributed by atoms with Gasteiger partial charge in [0.15, 0.2) is 6.29 Å². The van der Waals surface area contributed by atoms with Gasteiger partial charge in [-0.2, -0.15) is 30.3 Å². The molecule has 2 aromatic carbocycles. The monoisotopic (exact) mass is 459 g/mol. The summed E-state index contributed by atoms with van der Waals surface area (Å²) in [5.74, 6) is 0. The van der Waals surface area contributed by atoms with Gasteiger partial charge < -0.3 is 29.9 Å². The first-order chi connectivity index (χ1) is 14.1. The molecule has 10 heteroatoms. The van der Waals surface area contributed by atoms with Crippen LogP contribution >= 0.6 is 0 Å². The average molecular weight is 459 g/mol. The Balaban J connectivity index is 0.000000468. The van der Waals surface area contributed by atoms with E-state index in [4.69, 9.17) is 14.6 Å². The van der Waals surface area contributed by atoms with Gasteiger partial charge in [0, 0.05) is 6.54 Å². The fourth-order valence-corrected chi connectivity index (χ4v) is 2.88. The summed E-state index contributed by atoms with van der Waals surface area (Å²) in [5.41, 5.74) is 1.62. The molecule has 30 heavy (non-hydrogen) atoms. The zero-order valence-corrected chi connectivity index (χ0v) is 17.2. The maximum absolute atomic E-state index is 9.89. The number of hydrogen-bond acceptors (Lipinski definition) is 8. The van der Waals surface area contributed by atoms with Gasteiger partial charge in [-0.05, 0) is 0 Å². The molecule has 0 unspecified atom stereocenters. The topological polar surface area (TPSA) is 130 Å². The minimum absolute atomic E-state index is 0. The summed E-state index contributed by atoms with van der Waals surface area (Å²) in [5, 5.41) is 46.4. The van der Waals surface area contributed by atoms with Crippen LogP contribution in [0.1, 0.15) is 11.3 Å². The summed E-state index contributed by atoms with van der Waals surface area (Å²) in [6.45, 7) is 0.0877. The van der Waals surface area contributed by atoms with Crippen LogP contribution in [0.3, 0.4) is 0 Å². The predicted molar refractivity (Wildman–Crippen MR) is 102 cm³/mol. The molecule has 3 aromatic rings. The summed E-state index contributed by atoms with van der Waals surface area (Å²) >= 11 is 0. The van der Waals surface area contributed by atoms with E-state index in [-0.39, 0.29) is 23.7 Å². The number of rotatable bonds is 6. The first-order valence-electron chi connectivity index (χ1n) is 9.27. The van der Waals surface area contributed by atoms with Gasteiger partial charge in [-0.25, -0.2) is 28.9 Å². The van der Waals surface area contributed by atoms with Crippen molar-refractivity contribution in [2.45, 2.75) is 43.9 Å². The number of hydrogen-bond donors (Lipinski definition) is 4. The van der Waals surface area contributed by atoms with Crippen LogP contribution in [0.2, 0.25) is 0 Å². The molecule has 5 atom stereocenters. The summed E-state index contributed by atoms with van der Waals surface area (Å²) in [6.07, 6.45) is -4.77. The van der Waals surface area contributed by atoms with E-state index >= 15 is 0 Å². The maximum Gasteiger partial charge on any atom is 2.00 e. The van der Waals surface area contributed by atoms with E-state index in [0.29, 0.717) is 12.2 Å². The van der Waals surface area contributed by atoms with Gasteiger partial charge in [0.25, 0.3) is 0 Å². The summed E-state index contributed by atoms with van der Waals surface area (Å²) in [7, 11) is 0. The third-order valence-electron chi connectivity index (χ3n) is 4.46. The minimum Gasteiger partial charge on any atom is -0.394 e. The Hall–Kier alpha value is -1.88. The first-order valence-corrected chi connectivity index (χ1v) is 9.27. The van der Waals surface area contributed by atoms with Crippen molar-refractivity contribution in [2.24, 2.45) is 0 Å². The zero-order chi connectivity index (χ0) is 20.6. The van der Waals surface area contributed by atoms with Crippen LogP contribution < -0.4 is 0 Å². The standard InChI is InChI=1S/C15H20N3O6.C5H5.Fe/c19-7-11-12(20)13(21)14(22)15(24-11)23-8-10-6-18(17-16-10)5-9-3-1-2-4-9;1-2-4-5-3-1;/h1-4,6,11-15,19-22H,5,7-8H2;1-5H;/q2*-1;+2/t11-,12-,13+,14-,15-;;/m1../s1. The molecule has 1 saturated heterocycles. The second-order valence-electron chi connectivity index (χ2n) is 6.67. The van der Waals surface area contributed by atoms with Crippen LogP contribution in [0.25, 0.3) is 0 Å². The molecule has 0 amide bonds. The molecule has 9 nitrogen and oxygen atoms in total. The average Bonchev–Trinajstić information content (AvgIpc) is 3.50. The molecule has 1 aliphatic heterocycles. The molecule has 2 heterocycles. The van der Waals surface area contributed by atoms with Gasteiger partial charge in [-0.1, -0.05) is 5.21 Å². The quantitative estimate of drug-likeness (QED) is 0.294. The van der Waals surface area contributed by atoms with Crippen molar-refractivity contribution >= 4 is 0 Å². The predicted octanol–water partition coefficient (Wildman–Crippen LogP) is -0.235. The second kappa shape index (κ2) is 12.1. The van der Waals surface area contributed by atoms with E-state index in [1.807, 2.05) is 54.6 Å². The molecule has 1 aliphatic rings. The van der Waals surface area contributed by atoms with Crippen LogP contribution in [-0.2, 0) is 39.7 Å². The number of aliphatic hydroxyl groups excluding tert-OH is 4. The van der Waals surface area contributed by atoms with Crippen LogP contribution in [0.15, 0.2) is 60.8 Å². The molecule has 1 aromatic heterocycles. The van der Waals surface area contributed by atoms with E-state index in [0.717, 1.165) is 5.56 Å². The summed E-state index contributed by atoms with van der Waals surface area (Å²) in [4.78, 5) is 0. The van der Waals surface area contributed by atoms with Crippen molar-refractivity contribution in [3.63, 3.8) is 0 Å². The molecule has 1 fully saturated rings. The van der Waals surface area contributed by atoms with E-state index in [1.165, 1.54) is 0 Å². The number of aromatic nitrogens is 3. The van der Waals surface area contributed by atoms with Gasteiger partial charge in [-0.3, -0.25) is 0 Å². The van der Waals surface area contributed by atoms with Crippen LogP contribution in [0.4, 0.5) is 0 Å². The van der Waals surface area contributed by atoms with Crippen molar-refractivity contribution < 1.29 is 47.0 Å². The van der Waals surface area contributed by atoms with Gasteiger partial charge in [-0.15, -0.1) is 10.7 Å². The van der Waals surface area contributed by atoms with Crippen molar-refractivity contribution in [3.8, 4) is 0 Å². The van der Waals surface area contributed by atoms with Crippen molar-refractivity contribution in [1.29, 1.82) is 0 Å². The molecule has 0 radical (unpaired) electrons. The van der Waals surface area contributed by atoms with Crippen molar-refractivity contribution in [2.75, 3.05) is 6.61 Å². The van der Waals surface area contributed by atoms with Gasteiger partial charge >= 0.3 is 17.1 Å². The van der Waals surface area contributed by atoms with E-state index in [9.17, 15) is 15.3 Å². The molecular weight excluding hydrogens is 434 g/mol. The third kappa shape index (κ3) is 6.56. The smallest absolute Gasteiger partial charge is 0.394 e. The Morgan fingerprint density at radius 2 is 1.83 bits per heavy atom. The Morgan fingerprint density at radius 3 is 2.43 bits per heavy atom. The summed E-state index contributed by atoms with van der Waals surface area (Å²) in [6, 6.07) is 17.8. The Labute approximate surface area is 184 Å². The molecule has 0 saturated carbocycles. The minimum atomic E-state index is -1.46. The molecule has 4 rings (SSSR count). The van der Waals surface area contributed by atoms with Crippen LogP contribution in [0.5, 0.6) is 0 Å². The zero-order valence-electron chi connectivity index (χ0n) is 16.1. The normalized spacial score (nSPS) is 25.8. The van der Waals surface area contributed by atoms with Crippen molar-refractivity contribution in [3.05, 3.63) is 72.1 Å². The number of aliphatic hydroxyl groups is 4. The Kier molecular flexibility index (Phi) is 9.83. The molecule has 4 N–H and O–H groups in total. The van der Waals surface area contributed by atoms with Crippen molar-refractivity contribution in [1.82, 2.24) is 15.0 Å². The second-order valence-corrected chi connectivity index (χ2v) is 6.67. The fourth-order valence-electron chi connectivity index (χ4n) is 2.88. The number of nitrogens with zero attached hydrogens (tertiary/aromatic N) is 3. The van der Waals surface area contributed by atoms with Gasteiger partial charge in [0.05, 0.1) is 19.4 Å². The van der Waals surface area contributed by atoms with Gasteiger partial charge in [0.1, 0.15) is 30.1 Å². The van der Waals surface area contributed by atoms with E-state index < -0.39 is 37.3 Å². The third-order valence-corrected chi connectivity index (χ3v) is 4.46. The van der Waals surface area contributed by atoms with Gasteiger partial charge in [0.2, 0.25) is 0 Å².